The number of aromatic nitrogens is 2. The Morgan fingerprint density at radius 2 is 1.56 bits per heavy atom. The summed E-state index contributed by atoms with van der Waals surface area (Å²) in [6.45, 7) is 1.16. The minimum atomic E-state index is -0.621. The highest BCUT2D eigenvalue weighted by Gasteiger charge is 2.11. The number of rotatable bonds is 7. The molecule has 2 aromatic carbocycles. The lowest BCUT2D eigenvalue weighted by Crippen LogP contribution is -2.16. The number of nitrogens with zero attached hydrogens (tertiary/aromatic N) is 4. The molecule has 1 aromatic heterocycles. The normalized spacial score (nSPS) is 10.9. The molecule has 7 heteroatoms. The molecule has 3 rings (SSSR count). The zero-order chi connectivity index (χ0) is 17.5. The molecule has 7 nitrogen and oxygen atoms in total. The molecule has 0 atom stereocenters. The fourth-order valence-corrected chi connectivity index (χ4v) is 2.36. The number of nitrogens with one attached hydrogen (secondary N) is 1. The molecule has 126 valence electrons. The fourth-order valence-electron chi connectivity index (χ4n) is 2.36. The summed E-state index contributed by atoms with van der Waals surface area (Å²) >= 11 is 0. The van der Waals surface area contributed by atoms with Crippen LogP contribution in [0.15, 0.2) is 77.3 Å². The van der Waals surface area contributed by atoms with Crippen molar-refractivity contribution in [2.24, 2.45) is 16.1 Å². The van der Waals surface area contributed by atoms with E-state index in [-0.39, 0.29) is 11.5 Å². The van der Waals surface area contributed by atoms with E-state index in [0.717, 1.165) is 11.1 Å². The van der Waals surface area contributed by atoms with Crippen LogP contribution in [-0.4, -0.2) is 20.9 Å². The molecule has 0 saturated heterocycles. The van der Waals surface area contributed by atoms with Gasteiger partial charge in [-0.1, -0.05) is 65.9 Å². The highest BCUT2D eigenvalue weighted by atomic mass is 16.1. The molecule has 0 spiro atoms. The van der Waals surface area contributed by atoms with Crippen molar-refractivity contribution < 1.29 is 4.79 Å². The number of imidazole rings is 1. The van der Waals surface area contributed by atoms with Crippen molar-refractivity contribution in [3.05, 3.63) is 83.8 Å². The van der Waals surface area contributed by atoms with E-state index in [0.29, 0.717) is 13.1 Å². The van der Waals surface area contributed by atoms with Gasteiger partial charge in [0.05, 0.1) is 19.4 Å². The van der Waals surface area contributed by atoms with E-state index in [4.69, 9.17) is 5.73 Å². The fraction of sp³-hybridized carbons (Fsp3) is 0.111. The quantitative estimate of drug-likeness (QED) is 0.512. The molecule has 0 radical (unpaired) electrons. The van der Waals surface area contributed by atoms with Gasteiger partial charge in [-0.2, -0.15) is 0 Å². The number of aromatic amines is 1. The van der Waals surface area contributed by atoms with Crippen molar-refractivity contribution in [2.45, 2.75) is 13.1 Å². The molecule has 0 saturated carbocycles. The molecule has 0 unspecified atom stereocenters. The van der Waals surface area contributed by atoms with Crippen molar-refractivity contribution >= 4 is 11.7 Å². The van der Waals surface area contributed by atoms with E-state index >= 15 is 0 Å². The Morgan fingerprint density at radius 1 is 1.00 bits per heavy atom. The molecule has 0 aliphatic carbocycles. The van der Waals surface area contributed by atoms with Crippen LogP contribution in [0.25, 0.3) is 0 Å². The summed E-state index contributed by atoms with van der Waals surface area (Å²) in [5.41, 5.74) is 7.64. The predicted octanol–water partition coefficient (Wildman–Crippen LogP) is 3.21. The third-order valence-corrected chi connectivity index (χ3v) is 3.55. The van der Waals surface area contributed by atoms with Crippen LogP contribution >= 0.6 is 0 Å². The van der Waals surface area contributed by atoms with Gasteiger partial charge in [-0.15, -0.1) is 5.11 Å². The van der Waals surface area contributed by atoms with Gasteiger partial charge in [0.2, 0.25) is 5.82 Å². The Morgan fingerprint density at radius 3 is 2.08 bits per heavy atom. The standard InChI is InChI=1S/C18H18N6O/c19-17(25)16-18(21-13-20-16)22-23-24(11-14-7-3-1-4-8-14)12-15-9-5-2-6-10-15/h1-10,13H,11-12H2,(H2,19,25)(H,20,21). The van der Waals surface area contributed by atoms with Gasteiger partial charge in [0.25, 0.3) is 5.91 Å². The van der Waals surface area contributed by atoms with E-state index < -0.39 is 5.91 Å². The molecular formula is C18H18N6O. The van der Waals surface area contributed by atoms with Crippen LogP contribution in [0.3, 0.4) is 0 Å². The second-order valence-electron chi connectivity index (χ2n) is 5.45. The molecule has 1 amide bonds. The zero-order valence-electron chi connectivity index (χ0n) is 13.5. The summed E-state index contributed by atoms with van der Waals surface area (Å²) in [5.74, 6) is -0.442. The van der Waals surface area contributed by atoms with Crippen molar-refractivity contribution in [1.82, 2.24) is 15.0 Å². The van der Waals surface area contributed by atoms with Crippen LogP contribution in [0.5, 0.6) is 0 Å². The molecule has 3 aromatic rings. The molecule has 0 bridgehead atoms. The van der Waals surface area contributed by atoms with E-state index in [1.54, 1.807) is 0 Å². The van der Waals surface area contributed by atoms with Crippen molar-refractivity contribution in [3.8, 4) is 0 Å². The van der Waals surface area contributed by atoms with Crippen LogP contribution in [0.4, 0.5) is 5.82 Å². The Kier molecular flexibility index (Phi) is 5.16. The first-order valence-electron chi connectivity index (χ1n) is 7.80. The number of hydrogen-bond donors (Lipinski definition) is 2. The third kappa shape index (κ3) is 4.51. The lowest BCUT2D eigenvalue weighted by atomic mass is 10.2. The second kappa shape index (κ2) is 7.87. The van der Waals surface area contributed by atoms with Crippen LogP contribution in [0, 0.1) is 0 Å². The summed E-state index contributed by atoms with van der Waals surface area (Å²) in [6.07, 6.45) is 1.37. The maximum Gasteiger partial charge on any atom is 0.269 e. The van der Waals surface area contributed by atoms with Gasteiger partial charge in [-0.05, 0) is 11.1 Å². The minimum Gasteiger partial charge on any atom is -0.364 e. The molecule has 0 fully saturated rings. The Labute approximate surface area is 145 Å². The van der Waals surface area contributed by atoms with Gasteiger partial charge in [0, 0.05) is 0 Å². The summed E-state index contributed by atoms with van der Waals surface area (Å²) in [6, 6.07) is 19.9. The van der Waals surface area contributed by atoms with Crippen LogP contribution in [0.2, 0.25) is 0 Å². The van der Waals surface area contributed by atoms with Gasteiger partial charge in [-0.3, -0.25) is 9.80 Å². The summed E-state index contributed by atoms with van der Waals surface area (Å²) < 4.78 is 0. The van der Waals surface area contributed by atoms with Gasteiger partial charge < -0.3 is 10.7 Å². The number of H-pyrrole nitrogens is 1. The number of benzene rings is 2. The van der Waals surface area contributed by atoms with Crippen LogP contribution < -0.4 is 5.73 Å². The molecule has 0 aliphatic heterocycles. The summed E-state index contributed by atoms with van der Waals surface area (Å²) in [5, 5.41) is 10.2. The first-order chi connectivity index (χ1) is 12.2. The number of carbonyl (C=O) groups is 1. The minimum absolute atomic E-state index is 0.142. The summed E-state index contributed by atoms with van der Waals surface area (Å²) in [4.78, 5) is 18.0. The number of primary amides is 1. The van der Waals surface area contributed by atoms with E-state index in [1.165, 1.54) is 6.33 Å². The van der Waals surface area contributed by atoms with Gasteiger partial charge >= 0.3 is 0 Å². The van der Waals surface area contributed by atoms with Crippen molar-refractivity contribution in [2.75, 3.05) is 0 Å². The Bertz CT molecular complexity index is 803. The molecule has 1 heterocycles. The van der Waals surface area contributed by atoms with Gasteiger partial charge in [-0.25, -0.2) is 4.98 Å². The Balaban J connectivity index is 1.81. The monoisotopic (exact) mass is 334 g/mol. The molecule has 3 N–H and O–H groups in total. The number of carbonyl (C=O) groups excluding carboxylic acids is 1. The topological polar surface area (TPSA) is 99.7 Å². The average Bonchev–Trinajstić information content (AvgIpc) is 3.10. The van der Waals surface area contributed by atoms with Crippen molar-refractivity contribution in [3.63, 3.8) is 0 Å². The van der Waals surface area contributed by atoms with E-state index in [1.807, 2.05) is 65.7 Å². The molecular weight excluding hydrogens is 316 g/mol. The van der Waals surface area contributed by atoms with E-state index in [9.17, 15) is 4.79 Å². The Hall–Kier alpha value is -3.48. The van der Waals surface area contributed by atoms with E-state index in [2.05, 4.69) is 20.3 Å². The van der Waals surface area contributed by atoms with Crippen LogP contribution in [0.1, 0.15) is 21.6 Å². The number of amides is 1. The summed E-state index contributed by atoms with van der Waals surface area (Å²) in [7, 11) is 0. The van der Waals surface area contributed by atoms with Gasteiger partial charge in [0.1, 0.15) is 0 Å². The van der Waals surface area contributed by atoms with Gasteiger partial charge in [0.15, 0.2) is 5.69 Å². The zero-order valence-corrected chi connectivity index (χ0v) is 13.5. The number of hydrogen-bond acceptors (Lipinski definition) is 4. The maximum absolute atomic E-state index is 11.3. The lowest BCUT2D eigenvalue weighted by Gasteiger charge is -2.17. The molecule has 0 aliphatic rings. The van der Waals surface area contributed by atoms with Crippen LogP contribution in [-0.2, 0) is 13.1 Å². The predicted molar refractivity (Wildman–Crippen MR) is 93.8 cm³/mol. The van der Waals surface area contributed by atoms with Crippen molar-refractivity contribution in [1.29, 1.82) is 0 Å². The highest BCUT2D eigenvalue weighted by Crippen LogP contribution is 2.16. The average molecular weight is 334 g/mol. The SMILES string of the molecule is NC(=O)c1[nH]cnc1N=NN(Cc1ccccc1)Cc1ccccc1. The maximum atomic E-state index is 11.3. The third-order valence-electron chi connectivity index (χ3n) is 3.55. The lowest BCUT2D eigenvalue weighted by molar-refractivity contribution is 0.0996. The highest BCUT2D eigenvalue weighted by molar-refractivity contribution is 5.94. The second-order valence-corrected chi connectivity index (χ2v) is 5.45. The first-order valence-corrected chi connectivity index (χ1v) is 7.80. The number of nitrogens with two attached hydrogens (primary N) is 1. The molecule has 25 heavy (non-hydrogen) atoms. The smallest absolute Gasteiger partial charge is 0.269 e. The largest absolute Gasteiger partial charge is 0.364 e. The first kappa shape index (κ1) is 16.4.